The summed E-state index contributed by atoms with van der Waals surface area (Å²) in [6.07, 6.45) is 3.78. The van der Waals surface area contributed by atoms with Gasteiger partial charge in [-0.15, -0.1) is 0 Å². The van der Waals surface area contributed by atoms with Crippen LogP contribution in [0.25, 0.3) is 0 Å². The second-order valence-electron chi connectivity index (χ2n) is 5.21. The number of methoxy groups -OCH3 is 1. The number of hydrogen-bond donors (Lipinski definition) is 0. The van der Waals surface area contributed by atoms with E-state index in [0.717, 1.165) is 25.7 Å². The Labute approximate surface area is 112 Å². The van der Waals surface area contributed by atoms with Crippen LogP contribution >= 0.6 is 0 Å². The standard InChI is InChI=1S/C15H17NO3/c1-19-11-6-4-5-10(9-11)16-14(17)12-7-2-3-8-13(12)15(16)18/h4-6,9,12-13H,2-3,7-8H2,1H3/t12-,13+. The van der Waals surface area contributed by atoms with Crippen molar-refractivity contribution in [1.82, 2.24) is 0 Å². The monoisotopic (exact) mass is 259 g/mol. The van der Waals surface area contributed by atoms with Crippen LogP contribution in [0.5, 0.6) is 5.75 Å². The van der Waals surface area contributed by atoms with Gasteiger partial charge in [0.05, 0.1) is 24.6 Å². The van der Waals surface area contributed by atoms with Gasteiger partial charge in [0.15, 0.2) is 0 Å². The summed E-state index contributed by atoms with van der Waals surface area (Å²) >= 11 is 0. The first kappa shape index (κ1) is 12.2. The molecular weight excluding hydrogens is 242 g/mol. The Morgan fingerprint density at radius 3 is 2.32 bits per heavy atom. The maximum Gasteiger partial charge on any atom is 0.237 e. The molecule has 3 rings (SSSR count). The molecule has 0 aromatic heterocycles. The Balaban J connectivity index is 1.95. The highest BCUT2D eigenvalue weighted by molar-refractivity contribution is 6.22. The molecule has 2 fully saturated rings. The van der Waals surface area contributed by atoms with Gasteiger partial charge in [-0.25, -0.2) is 4.90 Å². The van der Waals surface area contributed by atoms with Gasteiger partial charge in [0.25, 0.3) is 0 Å². The van der Waals surface area contributed by atoms with Crippen molar-refractivity contribution in [1.29, 1.82) is 0 Å². The second-order valence-corrected chi connectivity index (χ2v) is 5.21. The third-order valence-corrected chi connectivity index (χ3v) is 4.15. The lowest BCUT2D eigenvalue weighted by Crippen LogP contribution is -2.30. The van der Waals surface area contributed by atoms with Gasteiger partial charge in [0.2, 0.25) is 11.8 Å². The van der Waals surface area contributed by atoms with E-state index >= 15 is 0 Å². The van der Waals surface area contributed by atoms with Crippen molar-refractivity contribution in [2.45, 2.75) is 25.7 Å². The van der Waals surface area contributed by atoms with Crippen LogP contribution in [0.1, 0.15) is 25.7 Å². The number of anilines is 1. The molecule has 0 spiro atoms. The molecule has 2 amide bonds. The van der Waals surface area contributed by atoms with E-state index in [1.807, 2.05) is 6.07 Å². The van der Waals surface area contributed by atoms with Crippen LogP contribution in [0.3, 0.4) is 0 Å². The van der Waals surface area contributed by atoms with E-state index in [0.29, 0.717) is 11.4 Å². The summed E-state index contributed by atoms with van der Waals surface area (Å²) in [4.78, 5) is 26.2. The number of rotatable bonds is 2. The summed E-state index contributed by atoms with van der Waals surface area (Å²) in [5.41, 5.74) is 0.628. The molecule has 19 heavy (non-hydrogen) atoms. The molecule has 0 radical (unpaired) electrons. The van der Waals surface area contributed by atoms with Gasteiger partial charge < -0.3 is 4.74 Å². The SMILES string of the molecule is COc1cccc(N2C(=O)[C@H]3CCCC[C@H]3C2=O)c1. The fourth-order valence-electron chi connectivity index (χ4n) is 3.17. The molecule has 4 nitrogen and oxygen atoms in total. The summed E-state index contributed by atoms with van der Waals surface area (Å²) in [5.74, 6) is 0.374. The summed E-state index contributed by atoms with van der Waals surface area (Å²) in [7, 11) is 1.58. The lowest BCUT2D eigenvalue weighted by molar-refractivity contribution is -0.122. The minimum absolute atomic E-state index is 0.0389. The van der Waals surface area contributed by atoms with Crippen molar-refractivity contribution in [2.24, 2.45) is 11.8 Å². The lowest BCUT2D eigenvalue weighted by Gasteiger charge is -2.19. The van der Waals surface area contributed by atoms with Crippen molar-refractivity contribution in [2.75, 3.05) is 12.0 Å². The highest BCUT2D eigenvalue weighted by atomic mass is 16.5. The van der Waals surface area contributed by atoms with E-state index < -0.39 is 0 Å². The quantitative estimate of drug-likeness (QED) is 0.766. The van der Waals surface area contributed by atoms with Crippen LogP contribution in [0, 0.1) is 11.8 Å². The van der Waals surface area contributed by atoms with Gasteiger partial charge >= 0.3 is 0 Å². The zero-order valence-electron chi connectivity index (χ0n) is 11.0. The van der Waals surface area contributed by atoms with Gasteiger partial charge in [0.1, 0.15) is 5.75 Å². The normalized spacial score (nSPS) is 26.5. The third-order valence-electron chi connectivity index (χ3n) is 4.15. The summed E-state index contributed by atoms with van der Waals surface area (Å²) in [6, 6.07) is 7.14. The van der Waals surface area contributed by atoms with Crippen molar-refractivity contribution < 1.29 is 14.3 Å². The molecule has 100 valence electrons. The predicted octanol–water partition coefficient (Wildman–Crippen LogP) is 2.37. The molecule has 0 N–H and O–H groups in total. The Hall–Kier alpha value is -1.84. The molecule has 1 aliphatic heterocycles. The average Bonchev–Trinajstić information content (AvgIpc) is 2.72. The molecule has 1 heterocycles. The number of amides is 2. The van der Waals surface area contributed by atoms with Gasteiger partial charge in [0, 0.05) is 6.07 Å². The first-order chi connectivity index (χ1) is 9.22. The molecule has 1 aromatic rings. The number of carbonyl (C=O) groups excluding carboxylic acids is 2. The van der Waals surface area contributed by atoms with Crippen LogP contribution in [-0.2, 0) is 9.59 Å². The van der Waals surface area contributed by atoms with E-state index in [9.17, 15) is 9.59 Å². The fourth-order valence-corrected chi connectivity index (χ4v) is 3.17. The minimum atomic E-state index is -0.104. The number of imide groups is 1. The summed E-state index contributed by atoms with van der Waals surface area (Å²) in [5, 5.41) is 0. The number of hydrogen-bond acceptors (Lipinski definition) is 3. The maximum absolute atomic E-state index is 12.4. The number of carbonyl (C=O) groups is 2. The van der Waals surface area contributed by atoms with E-state index in [-0.39, 0.29) is 23.7 Å². The Kier molecular flexibility index (Phi) is 3.01. The average molecular weight is 259 g/mol. The number of benzene rings is 1. The number of ether oxygens (including phenoxy) is 1. The second kappa shape index (κ2) is 4.68. The lowest BCUT2D eigenvalue weighted by atomic mass is 9.81. The first-order valence-corrected chi connectivity index (χ1v) is 6.74. The van der Waals surface area contributed by atoms with Crippen LogP contribution in [0.4, 0.5) is 5.69 Å². The zero-order chi connectivity index (χ0) is 13.4. The number of fused-ring (bicyclic) bond motifs is 1. The number of nitrogens with zero attached hydrogens (tertiary/aromatic N) is 1. The van der Waals surface area contributed by atoms with Crippen LogP contribution in [0.2, 0.25) is 0 Å². The molecule has 2 atom stereocenters. The highest BCUT2D eigenvalue weighted by Crippen LogP contribution is 2.40. The Morgan fingerprint density at radius 1 is 1.11 bits per heavy atom. The first-order valence-electron chi connectivity index (χ1n) is 6.74. The van der Waals surface area contributed by atoms with Crippen molar-refractivity contribution >= 4 is 17.5 Å². The van der Waals surface area contributed by atoms with E-state index in [1.54, 1.807) is 25.3 Å². The predicted molar refractivity (Wildman–Crippen MR) is 70.9 cm³/mol. The zero-order valence-corrected chi connectivity index (χ0v) is 11.0. The van der Waals surface area contributed by atoms with Gasteiger partial charge in [-0.1, -0.05) is 18.9 Å². The van der Waals surface area contributed by atoms with Crippen LogP contribution < -0.4 is 9.64 Å². The fraction of sp³-hybridized carbons (Fsp3) is 0.467. The topological polar surface area (TPSA) is 46.6 Å². The van der Waals surface area contributed by atoms with Crippen molar-refractivity contribution in [3.63, 3.8) is 0 Å². The van der Waals surface area contributed by atoms with Crippen LogP contribution in [0.15, 0.2) is 24.3 Å². The maximum atomic E-state index is 12.4. The summed E-state index contributed by atoms with van der Waals surface area (Å²) < 4.78 is 5.15. The molecule has 0 unspecified atom stereocenters. The van der Waals surface area contributed by atoms with E-state index in [4.69, 9.17) is 4.74 Å². The molecule has 1 saturated heterocycles. The Bertz CT molecular complexity index is 502. The van der Waals surface area contributed by atoms with Crippen molar-refractivity contribution in [3.8, 4) is 5.75 Å². The van der Waals surface area contributed by atoms with E-state index in [1.165, 1.54) is 4.90 Å². The van der Waals surface area contributed by atoms with Gasteiger partial charge in [-0.2, -0.15) is 0 Å². The van der Waals surface area contributed by atoms with Gasteiger partial charge in [-0.05, 0) is 25.0 Å². The summed E-state index contributed by atoms with van der Waals surface area (Å²) in [6.45, 7) is 0. The van der Waals surface area contributed by atoms with Crippen LogP contribution in [-0.4, -0.2) is 18.9 Å². The molecular formula is C15H17NO3. The van der Waals surface area contributed by atoms with Crippen molar-refractivity contribution in [3.05, 3.63) is 24.3 Å². The van der Waals surface area contributed by atoms with Gasteiger partial charge in [-0.3, -0.25) is 9.59 Å². The highest BCUT2D eigenvalue weighted by Gasteiger charge is 2.48. The Morgan fingerprint density at radius 2 is 1.74 bits per heavy atom. The smallest absolute Gasteiger partial charge is 0.237 e. The molecule has 4 heteroatoms. The largest absolute Gasteiger partial charge is 0.497 e. The molecule has 1 saturated carbocycles. The third kappa shape index (κ3) is 1.91. The minimum Gasteiger partial charge on any atom is -0.497 e. The molecule has 1 aliphatic carbocycles. The molecule has 0 bridgehead atoms. The molecule has 1 aromatic carbocycles. The van der Waals surface area contributed by atoms with E-state index in [2.05, 4.69) is 0 Å². The molecule has 2 aliphatic rings.